The van der Waals surface area contributed by atoms with Crippen LogP contribution in [0.5, 0.6) is 0 Å². The average Bonchev–Trinajstić information content (AvgIpc) is 1.53. The molecule has 0 atom stereocenters. The second-order valence-corrected chi connectivity index (χ2v) is 29.2. The predicted octanol–water partition coefficient (Wildman–Crippen LogP) is 27.4. The van der Waals surface area contributed by atoms with Gasteiger partial charge in [0.05, 0.1) is 55.5 Å². The van der Waals surface area contributed by atoms with E-state index in [-0.39, 0.29) is 0 Å². The summed E-state index contributed by atoms with van der Waals surface area (Å²) < 4.78 is 24.4. The lowest BCUT2D eigenvalue weighted by Crippen LogP contribution is -2.00. The van der Waals surface area contributed by atoms with Crippen LogP contribution in [0.2, 0.25) is 0 Å². The first kappa shape index (κ1) is 55.5. The highest BCUT2D eigenvalue weighted by atomic mass is 16.3. The molecular formula is C100H54N4O2. The molecule has 106 heavy (non-hydrogen) atoms. The third-order valence-electron chi connectivity index (χ3n) is 24.1. The number of para-hydroxylation sites is 3. The third kappa shape index (κ3) is 6.97. The minimum absolute atomic E-state index is 0.874. The van der Waals surface area contributed by atoms with E-state index in [0.29, 0.717) is 0 Å². The summed E-state index contributed by atoms with van der Waals surface area (Å²) in [6.07, 6.45) is 0. The van der Waals surface area contributed by atoms with Crippen LogP contribution in [-0.2, 0) is 0 Å². The number of furan rings is 2. The van der Waals surface area contributed by atoms with Crippen LogP contribution in [0.4, 0.5) is 0 Å². The summed E-state index contributed by atoms with van der Waals surface area (Å²) in [5, 5.41) is 23.5. The Hall–Kier alpha value is -14.2. The summed E-state index contributed by atoms with van der Waals surface area (Å²) in [5.41, 5.74) is 29.2. The number of nitrogens with zero attached hydrogens (tertiary/aromatic N) is 4. The normalized spacial score (nSPS) is 12.7. The minimum atomic E-state index is 0.874. The monoisotopic (exact) mass is 1340 g/mol. The second kappa shape index (κ2) is 19.9. The quantitative estimate of drug-likeness (QED) is 0.172. The van der Waals surface area contributed by atoms with Crippen LogP contribution < -0.4 is 0 Å². The Balaban J connectivity index is 0.730. The second-order valence-electron chi connectivity index (χ2n) is 29.2. The highest BCUT2D eigenvalue weighted by molar-refractivity contribution is 6.32. The average molecular weight is 1340 g/mol. The first-order chi connectivity index (χ1) is 52.6. The Morgan fingerprint density at radius 2 is 0.613 bits per heavy atom. The van der Waals surface area contributed by atoms with Gasteiger partial charge in [-0.3, -0.25) is 0 Å². The summed E-state index contributed by atoms with van der Waals surface area (Å²) in [6, 6.07) is 123. The van der Waals surface area contributed by atoms with Gasteiger partial charge < -0.3 is 27.1 Å². The molecule has 0 unspecified atom stereocenters. The van der Waals surface area contributed by atoms with Gasteiger partial charge in [-0.15, -0.1) is 0 Å². The Morgan fingerprint density at radius 3 is 1.30 bits per heavy atom. The third-order valence-corrected chi connectivity index (χ3v) is 24.1. The zero-order chi connectivity index (χ0) is 68.5. The Bertz CT molecular complexity index is 8210. The van der Waals surface area contributed by atoms with Crippen molar-refractivity contribution < 1.29 is 8.83 Å². The van der Waals surface area contributed by atoms with Crippen molar-refractivity contribution in [2.75, 3.05) is 0 Å². The van der Waals surface area contributed by atoms with E-state index in [0.717, 1.165) is 127 Å². The molecule has 18 aromatic carbocycles. The number of rotatable bonds is 5. The van der Waals surface area contributed by atoms with Crippen molar-refractivity contribution in [2.45, 2.75) is 0 Å². The van der Waals surface area contributed by atoms with Crippen molar-refractivity contribution in [3.63, 3.8) is 0 Å². The molecule has 6 heterocycles. The molecule has 0 aliphatic heterocycles. The van der Waals surface area contributed by atoms with Gasteiger partial charge in [0.15, 0.2) is 11.2 Å². The summed E-state index contributed by atoms with van der Waals surface area (Å²) in [6.45, 7) is 0. The van der Waals surface area contributed by atoms with Gasteiger partial charge in [-0.25, -0.2) is 0 Å². The summed E-state index contributed by atoms with van der Waals surface area (Å²) in [4.78, 5) is 0. The number of hydrogen-bond donors (Lipinski definition) is 0. The fourth-order valence-corrected chi connectivity index (χ4v) is 19.9. The summed E-state index contributed by atoms with van der Waals surface area (Å²) in [7, 11) is 0. The molecule has 0 spiro atoms. The van der Waals surface area contributed by atoms with Crippen molar-refractivity contribution in [2.24, 2.45) is 0 Å². The summed E-state index contributed by atoms with van der Waals surface area (Å²) >= 11 is 0. The number of fused-ring (bicyclic) bond motifs is 30. The van der Waals surface area contributed by atoms with E-state index in [1.54, 1.807) is 0 Å². The molecule has 0 saturated carbocycles. The van der Waals surface area contributed by atoms with Gasteiger partial charge in [0.1, 0.15) is 11.2 Å². The molecule has 0 radical (unpaired) electrons. The predicted molar refractivity (Wildman–Crippen MR) is 443 cm³/mol. The molecule has 2 aliphatic rings. The van der Waals surface area contributed by atoms with Gasteiger partial charge in [0.25, 0.3) is 0 Å². The lowest BCUT2D eigenvalue weighted by molar-refractivity contribution is 0.671. The fraction of sp³-hybridized carbons (Fsp3) is 0. The zero-order valence-electron chi connectivity index (χ0n) is 56.8. The molecule has 0 saturated heterocycles. The van der Waals surface area contributed by atoms with Crippen molar-refractivity contribution >= 4 is 174 Å². The van der Waals surface area contributed by atoms with Crippen LogP contribution in [0.25, 0.3) is 253 Å². The van der Waals surface area contributed by atoms with E-state index in [4.69, 9.17) is 8.83 Å². The molecule has 24 aromatic rings. The Labute approximate surface area is 603 Å². The molecule has 0 bridgehead atoms. The van der Waals surface area contributed by atoms with E-state index in [2.05, 4.69) is 346 Å². The molecule has 6 heteroatoms. The van der Waals surface area contributed by atoms with E-state index >= 15 is 0 Å². The van der Waals surface area contributed by atoms with E-state index in [9.17, 15) is 0 Å². The lowest BCUT2D eigenvalue weighted by Gasteiger charge is -2.15. The van der Waals surface area contributed by atoms with Crippen LogP contribution in [0.15, 0.2) is 336 Å². The molecular weight excluding hydrogens is 1290 g/mol. The molecule has 0 fully saturated rings. The highest BCUT2D eigenvalue weighted by Crippen LogP contribution is 2.55. The van der Waals surface area contributed by atoms with Crippen LogP contribution in [0.3, 0.4) is 0 Å². The maximum absolute atomic E-state index is 7.18. The van der Waals surface area contributed by atoms with Crippen LogP contribution in [0, 0.1) is 0 Å². The van der Waals surface area contributed by atoms with E-state index in [1.807, 2.05) is 0 Å². The molecule has 6 aromatic heterocycles. The van der Waals surface area contributed by atoms with E-state index in [1.165, 1.54) is 126 Å². The van der Waals surface area contributed by atoms with Crippen molar-refractivity contribution in [3.8, 4) is 78.4 Å². The van der Waals surface area contributed by atoms with Gasteiger partial charge in [-0.1, -0.05) is 243 Å². The molecule has 0 amide bonds. The van der Waals surface area contributed by atoms with Crippen molar-refractivity contribution in [3.05, 3.63) is 328 Å². The molecule has 486 valence electrons. The smallest absolute Gasteiger partial charge is 0.160 e. The van der Waals surface area contributed by atoms with Gasteiger partial charge in [-0.2, -0.15) is 0 Å². The minimum Gasteiger partial charge on any atom is -0.454 e. The van der Waals surface area contributed by atoms with Crippen LogP contribution in [-0.4, -0.2) is 18.3 Å². The topological polar surface area (TPSA) is 46.0 Å². The molecule has 2 aliphatic carbocycles. The van der Waals surface area contributed by atoms with Gasteiger partial charge in [-0.05, 0) is 173 Å². The summed E-state index contributed by atoms with van der Waals surface area (Å²) in [5.74, 6) is 0. The highest BCUT2D eigenvalue weighted by Gasteiger charge is 2.32. The standard InChI is InChI=1S/C100H54N4O2/c1-3-24-62-55(18-1)20-15-35-84(62)103-87-37-17-31-64(92(87)80-49-46-74-76-44-47-78-69-29-8-11-38-88(69)105-99(78)97(76)102(94(74)96(80)103)61-51-58-23-14-32-71-65-26-5-6-27-66(65)83(54-61)91(58)71)59-50-57-22-13-33-72-81-53-60(40-41-67(81)82(52-59)90(57)72)101-86-34-10-7-28-68(86)73-42-43-75-77-45-48-79-70-30-9-12-39-89(70)106-100(79)98(77)104(95(75)93(73)101)85-36-16-21-56-19-2-4-25-63(56)85/h1-54H. The Morgan fingerprint density at radius 1 is 0.189 bits per heavy atom. The number of hydrogen-bond acceptors (Lipinski definition) is 2. The lowest BCUT2D eigenvalue weighted by atomic mass is 9.93. The molecule has 26 rings (SSSR count). The van der Waals surface area contributed by atoms with Crippen molar-refractivity contribution in [1.82, 2.24) is 18.3 Å². The number of aromatic nitrogens is 4. The largest absolute Gasteiger partial charge is 0.454 e. The first-order valence-electron chi connectivity index (χ1n) is 36.6. The van der Waals surface area contributed by atoms with Gasteiger partial charge >= 0.3 is 0 Å². The fourth-order valence-electron chi connectivity index (χ4n) is 19.9. The molecule has 0 N–H and O–H groups in total. The maximum Gasteiger partial charge on any atom is 0.160 e. The first-order valence-corrected chi connectivity index (χ1v) is 36.6. The van der Waals surface area contributed by atoms with Crippen molar-refractivity contribution in [1.29, 1.82) is 0 Å². The van der Waals surface area contributed by atoms with E-state index < -0.39 is 0 Å². The zero-order valence-corrected chi connectivity index (χ0v) is 56.8. The SMILES string of the molecule is c1ccc2c(c1)-c1cccc3cc(-n4c5c(ccc6c7ccccc7oc65)c5ccc6c7c(-c8cc9c%10c(cccc%10c8)-c8cc(-n%10c%11ccccc%11c%11ccc%12c%13ccc%14c%15ccccc%15oc%14c%13n(-c%13cccc%14ccccc%13%14)c%12c%11%10)ccc8-9)cccc7n(-c7cccc8ccccc78)c6c54)cc-2c13. The van der Waals surface area contributed by atoms with Gasteiger partial charge in [0, 0.05) is 86.8 Å². The van der Waals surface area contributed by atoms with Crippen LogP contribution >= 0.6 is 0 Å². The van der Waals surface area contributed by atoms with Crippen LogP contribution in [0.1, 0.15) is 0 Å². The molecule has 6 nitrogen and oxygen atoms in total. The van der Waals surface area contributed by atoms with Gasteiger partial charge in [0.2, 0.25) is 0 Å². The maximum atomic E-state index is 7.18. The Kier molecular flexibility index (Phi) is 10.4. The number of benzene rings is 18.